The van der Waals surface area contributed by atoms with E-state index in [-0.39, 0.29) is 0 Å². The Bertz CT molecular complexity index is 366. The molecule has 1 aromatic rings. The quantitative estimate of drug-likeness (QED) is 0.881. The van der Waals surface area contributed by atoms with E-state index in [1.54, 1.807) is 0 Å². The lowest BCUT2D eigenvalue weighted by Crippen LogP contribution is -2.33. The van der Waals surface area contributed by atoms with Crippen LogP contribution >= 0.6 is 0 Å². The molecule has 0 aromatic carbocycles. The average molecular weight is 261 g/mol. The van der Waals surface area contributed by atoms with E-state index in [1.807, 2.05) is 6.20 Å². The minimum Gasteiger partial charge on any atom is -0.357 e. The number of anilines is 1. The maximum Gasteiger partial charge on any atom is 0.128 e. The molecule has 0 unspecified atom stereocenters. The smallest absolute Gasteiger partial charge is 0.128 e. The molecule has 1 aliphatic rings. The number of hydrogen-bond acceptors (Lipinski definition) is 3. The first-order valence-corrected chi connectivity index (χ1v) is 7.58. The Hall–Kier alpha value is -1.09. The molecule has 19 heavy (non-hydrogen) atoms. The fourth-order valence-electron chi connectivity index (χ4n) is 2.71. The molecule has 106 valence electrons. The van der Waals surface area contributed by atoms with Crippen LogP contribution in [-0.4, -0.2) is 24.1 Å². The second-order valence-electron chi connectivity index (χ2n) is 5.96. The molecule has 1 fully saturated rings. The molecule has 0 bridgehead atoms. The van der Waals surface area contributed by atoms with E-state index in [9.17, 15) is 0 Å². The first-order valence-electron chi connectivity index (χ1n) is 7.58. The summed E-state index contributed by atoms with van der Waals surface area (Å²) in [6.07, 6.45) is 8.77. The first-order chi connectivity index (χ1) is 9.16. The van der Waals surface area contributed by atoms with Crippen molar-refractivity contribution in [3.05, 3.63) is 23.9 Å². The standard InChI is InChI=1S/C16H27N3/c1-13(2)17-11-14-9-10-16(18-12-14)19(3)15-7-5-4-6-8-15/h9-10,12-13,15,17H,4-8,11H2,1-3H3. The summed E-state index contributed by atoms with van der Waals surface area (Å²) in [7, 11) is 2.18. The van der Waals surface area contributed by atoms with Gasteiger partial charge in [-0.3, -0.25) is 0 Å². The Morgan fingerprint density at radius 1 is 1.26 bits per heavy atom. The van der Waals surface area contributed by atoms with E-state index in [0.29, 0.717) is 12.1 Å². The minimum atomic E-state index is 0.518. The molecule has 1 aliphatic carbocycles. The number of nitrogens with one attached hydrogen (secondary N) is 1. The molecule has 0 spiro atoms. The summed E-state index contributed by atoms with van der Waals surface area (Å²) in [4.78, 5) is 6.98. The van der Waals surface area contributed by atoms with E-state index in [1.165, 1.54) is 37.7 Å². The lowest BCUT2D eigenvalue weighted by molar-refractivity contribution is 0.426. The van der Waals surface area contributed by atoms with Gasteiger partial charge in [-0.25, -0.2) is 4.98 Å². The second-order valence-corrected chi connectivity index (χ2v) is 5.96. The van der Waals surface area contributed by atoms with Crippen LogP contribution < -0.4 is 10.2 Å². The fourth-order valence-corrected chi connectivity index (χ4v) is 2.71. The molecule has 3 nitrogen and oxygen atoms in total. The highest BCUT2D eigenvalue weighted by atomic mass is 15.2. The van der Waals surface area contributed by atoms with Gasteiger partial charge in [-0.2, -0.15) is 0 Å². The van der Waals surface area contributed by atoms with Gasteiger partial charge in [0.1, 0.15) is 5.82 Å². The normalized spacial score (nSPS) is 16.8. The third kappa shape index (κ3) is 4.20. The van der Waals surface area contributed by atoms with E-state index in [0.717, 1.165) is 12.4 Å². The maximum absolute atomic E-state index is 4.62. The number of rotatable bonds is 5. The molecule has 1 saturated carbocycles. The Labute approximate surface area is 117 Å². The second kappa shape index (κ2) is 6.90. The van der Waals surface area contributed by atoms with Crippen LogP contribution in [0.15, 0.2) is 18.3 Å². The minimum absolute atomic E-state index is 0.518. The van der Waals surface area contributed by atoms with Gasteiger partial charge >= 0.3 is 0 Å². The molecule has 0 atom stereocenters. The lowest BCUT2D eigenvalue weighted by atomic mass is 9.94. The van der Waals surface area contributed by atoms with Gasteiger partial charge < -0.3 is 10.2 Å². The maximum atomic E-state index is 4.62. The SMILES string of the molecule is CC(C)NCc1ccc(N(C)C2CCCCC2)nc1. The largest absolute Gasteiger partial charge is 0.357 e. The van der Waals surface area contributed by atoms with Crippen LogP contribution in [0, 0.1) is 0 Å². The molecular formula is C16H27N3. The topological polar surface area (TPSA) is 28.2 Å². The molecule has 0 aliphatic heterocycles. The van der Waals surface area contributed by atoms with Crippen molar-refractivity contribution in [2.24, 2.45) is 0 Å². The number of nitrogens with zero attached hydrogens (tertiary/aromatic N) is 2. The predicted octanol–water partition coefficient (Wildman–Crippen LogP) is 3.35. The van der Waals surface area contributed by atoms with E-state index < -0.39 is 0 Å². The Morgan fingerprint density at radius 3 is 2.58 bits per heavy atom. The van der Waals surface area contributed by atoms with Crippen LogP contribution in [0.1, 0.15) is 51.5 Å². The molecule has 1 N–H and O–H groups in total. The first kappa shape index (κ1) is 14.3. The molecular weight excluding hydrogens is 234 g/mol. The van der Waals surface area contributed by atoms with E-state index in [4.69, 9.17) is 0 Å². The molecule has 0 saturated heterocycles. The van der Waals surface area contributed by atoms with Crippen LogP contribution in [-0.2, 0) is 6.54 Å². The Morgan fingerprint density at radius 2 is 2.00 bits per heavy atom. The van der Waals surface area contributed by atoms with Crippen LogP contribution in [0.3, 0.4) is 0 Å². The highest BCUT2D eigenvalue weighted by Gasteiger charge is 2.18. The zero-order valence-corrected chi connectivity index (χ0v) is 12.5. The zero-order chi connectivity index (χ0) is 13.7. The van der Waals surface area contributed by atoms with Crippen molar-refractivity contribution in [1.82, 2.24) is 10.3 Å². The van der Waals surface area contributed by atoms with Gasteiger partial charge in [-0.15, -0.1) is 0 Å². The van der Waals surface area contributed by atoms with Crippen LogP contribution in [0.2, 0.25) is 0 Å². The number of hydrogen-bond donors (Lipinski definition) is 1. The van der Waals surface area contributed by atoms with Gasteiger partial charge in [0.15, 0.2) is 0 Å². The highest BCUT2D eigenvalue weighted by molar-refractivity contribution is 5.39. The summed E-state index contributed by atoms with van der Waals surface area (Å²) >= 11 is 0. The summed E-state index contributed by atoms with van der Waals surface area (Å²) in [6, 6.07) is 5.55. The van der Waals surface area contributed by atoms with Crippen LogP contribution in [0.25, 0.3) is 0 Å². The molecule has 0 radical (unpaired) electrons. The zero-order valence-electron chi connectivity index (χ0n) is 12.5. The van der Waals surface area contributed by atoms with Gasteiger partial charge in [0, 0.05) is 31.9 Å². The van der Waals surface area contributed by atoms with Gasteiger partial charge in [0.05, 0.1) is 0 Å². The van der Waals surface area contributed by atoms with Crippen molar-refractivity contribution in [2.45, 2.75) is 64.6 Å². The highest BCUT2D eigenvalue weighted by Crippen LogP contribution is 2.24. The number of aromatic nitrogens is 1. The van der Waals surface area contributed by atoms with Crippen molar-refractivity contribution in [3.63, 3.8) is 0 Å². The van der Waals surface area contributed by atoms with Crippen molar-refractivity contribution < 1.29 is 0 Å². The molecule has 3 heteroatoms. The average Bonchev–Trinajstić information content (AvgIpc) is 2.46. The monoisotopic (exact) mass is 261 g/mol. The summed E-state index contributed by atoms with van der Waals surface area (Å²) in [5.41, 5.74) is 1.26. The lowest BCUT2D eigenvalue weighted by Gasteiger charge is -2.32. The summed E-state index contributed by atoms with van der Waals surface area (Å²) in [5.74, 6) is 1.11. The molecule has 2 rings (SSSR count). The number of pyridine rings is 1. The van der Waals surface area contributed by atoms with E-state index >= 15 is 0 Å². The Kier molecular flexibility index (Phi) is 5.20. The summed E-state index contributed by atoms with van der Waals surface area (Å²) in [5, 5.41) is 3.42. The third-order valence-electron chi connectivity index (χ3n) is 4.01. The van der Waals surface area contributed by atoms with Gasteiger partial charge in [0.25, 0.3) is 0 Å². The van der Waals surface area contributed by atoms with Gasteiger partial charge in [0.2, 0.25) is 0 Å². The van der Waals surface area contributed by atoms with Crippen molar-refractivity contribution >= 4 is 5.82 Å². The predicted molar refractivity (Wildman–Crippen MR) is 81.5 cm³/mol. The van der Waals surface area contributed by atoms with Gasteiger partial charge in [-0.05, 0) is 24.5 Å². The molecule has 0 amide bonds. The Balaban J connectivity index is 1.93. The third-order valence-corrected chi connectivity index (χ3v) is 4.01. The fraction of sp³-hybridized carbons (Fsp3) is 0.688. The van der Waals surface area contributed by atoms with E-state index in [2.05, 4.69) is 48.2 Å². The molecule has 1 aromatic heterocycles. The van der Waals surface area contributed by atoms with Gasteiger partial charge in [-0.1, -0.05) is 39.2 Å². The molecule has 1 heterocycles. The van der Waals surface area contributed by atoms with Crippen molar-refractivity contribution in [1.29, 1.82) is 0 Å². The van der Waals surface area contributed by atoms with Crippen LogP contribution in [0.4, 0.5) is 5.82 Å². The van der Waals surface area contributed by atoms with Crippen molar-refractivity contribution in [3.8, 4) is 0 Å². The van der Waals surface area contributed by atoms with Crippen LogP contribution in [0.5, 0.6) is 0 Å². The summed E-state index contributed by atoms with van der Waals surface area (Å²) < 4.78 is 0. The summed E-state index contributed by atoms with van der Waals surface area (Å²) in [6.45, 7) is 5.23. The van der Waals surface area contributed by atoms with Crippen molar-refractivity contribution in [2.75, 3.05) is 11.9 Å².